The first-order valence-electron chi connectivity index (χ1n) is 8.76. The van der Waals surface area contributed by atoms with Crippen molar-refractivity contribution in [1.82, 2.24) is 25.2 Å². The van der Waals surface area contributed by atoms with Crippen molar-refractivity contribution in [3.05, 3.63) is 29.0 Å². The maximum absolute atomic E-state index is 12.4. The summed E-state index contributed by atoms with van der Waals surface area (Å²) in [6, 6.07) is 0.865. The van der Waals surface area contributed by atoms with Gasteiger partial charge in [0.15, 0.2) is 5.13 Å². The highest BCUT2D eigenvalue weighted by Gasteiger charge is 2.25. The molecule has 3 rings (SSSR count). The Morgan fingerprint density at radius 2 is 1.81 bits per heavy atom. The van der Waals surface area contributed by atoms with E-state index in [4.69, 9.17) is 0 Å². The van der Waals surface area contributed by atoms with Crippen molar-refractivity contribution in [3.63, 3.8) is 0 Å². The summed E-state index contributed by atoms with van der Waals surface area (Å²) in [5, 5.41) is 6.05. The van der Waals surface area contributed by atoms with Crippen LogP contribution >= 0.6 is 11.3 Å². The van der Waals surface area contributed by atoms with E-state index in [1.807, 2.05) is 18.7 Å². The van der Waals surface area contributed by atoms with E-state index in [1.165, 1.54) is 11.3 Å². The largest absolute Gasteiger partial charge is 0.337 e. The second kappa shape index (κ2) is 8.30. The highest BCUT2D eigenvalue weighted by molar-refractivity contribution is 7.15. The molecule has 0 bridgehead atoms. The molecule has 2 N–H and O–H groups in total. The van der Waals surface area contributed by atoms with Gasteiger partial charge in [0, 0.05) is 43.4 Å². The predicted molar refractivity (Wildman–Crippen MR) is 104 cm³/mol. The number of hydrogen-bond acceptors (Lipinski definition) is 7. The van der Waals surface area contributed by atoms with Crippen molar-refractivity contribution in [2.24, 2.45) is 0 Å². The van der Waals surface area contributed by atoms with E-state index in [9.17, 15) is 9.59 Å². The Labute approximate surface area is 161 Å². The van der Waals surface area contributed by atoms with E-state index < -0.39 is 6.04 Å². The van der Waals surface area contributed by atoms with Gasteiger partial charge >= 0.3 is 6.03 Å². The van der Waals surface area contributed by atoms with E-state index in [1.54, 1.807) is 30.3 Å². The number of aryl methyl sites for hydroxylation is 2. The summed E-state index contributed by atoms with van der Waals surface area (Å²) in [4.78, 5) is 42.3. The van der Waals surface area contributed by atoms with Crippen LogP contribution in [0.3, 0.4) is 0 Å². The number of nitrogens with one attached hydrogen (secondary N) is 2. The summed E-state index contributed by atoms with van der Waals surface area (Å²) in [5.74, 6) is 0.382. The average molecular weight is 389 g/mol. The third kappa shape index (κ3) is 4.70. The number of piperazine rings is 1. The molecule has 0 radical (unpaired) electrons. The van der Waals surface area contributed by atoms with Gasteiger partial charge in [-0.15, -0.1) is 11.3 Å². The summed E-state index contributed by atoms with van der Waals surface area (Å²) in [6.07, 6.45) is 3.40. The zero-order valence-electron chi connectivity index (χ0n) is 15.6. The van der Waals surface area contributed by atoms with Crippen LogP contribution in [0.2, 0.25) is 0 Å². The lowest BCUT2D eigenvalue weighted by Crippen LogP contribution is -2.55. The van der Waals surface area contributed by atoms with E-state index in [0.29, 0.717) is 37.3 Å². The van der Waals surface area contributed by atoms with Crippen LogP contribution in [0.1, 0.15) is 17.5 Å². The number of urea groups is 1. The average Bonchev–Trinajstić information content (AvgIpc) is 2.99. The number of amides is 3. The standard InChI is InChI=1S/C17H23N7O2S/c1-11-13(3)27-16(20-11)22-14(25)12(2)21-17(26)24-9-7-23(8-10-24)15-18-5-4-6-19-15/h4-6,12H,7-10H2,1-3H3,(H,21,26)(H,20,22,25)/t12-/m0/s1. The quantitative estimate of drug-likeness (QED) is 0.819. The van der Waals surface area contributed by atoms with Crippen LogP contribution in [-0.4, -0.2) is 64.0 Å². The van der Waals surface area contributed by atoms with Gasteiger partial charge in [-0.1, -0.05) is 0 Å². The maximum atomic E-state index is 12.4. The van der Waals surface area contributed by atoms with Crippen LogP contribution in [0, 0.1) is 13.8 Å². The minimum atomic E-state index is -0.655. The van der Waals surface area contributed by atoms with Crippen molar-refractivity contribution in [2.75, 3.05) is 36.4 Å². The monoisotopic (exact) mass is 389 g/mol. The second-order valence-corrected chi connectivity index (χ2v) is 7.55. The van der Waals surface area contributed by atoms with Gasteiger partial charge in [-0.25, -0.2) is 19.7 Å². The molecule has 2 aromatic heterocycles. The molecular weight excluding hydrogens is 366 g/mol. The molecule has 0 saturated carbocycles. The van der Waals surface area contributed by atoms with Gasteiger partial charge < -0.3 is 20.4 Å². The fraction of sp³-hybridized carbons (Fsp3) is 0.471. The van der Waals surface area contributed by atoms with Gasteiger partial charge in [0.05, 0.1) is 5.69 Å². The van der Waals surface area contributed by atoms with Crippen molar-refractivity contribution < 1.29 is 9.59 Å². The number of hydrogen-bond donors (Lipinski definition) is 2. The highest BCUT2D eigenvalue weighted by atomic mass is 32.1. The van der Waals surface area contributed by atoms with Gasteiger partial charge in [-0.05, 0) is 26.8 Å². The van der Waals surface area contributed by atoms with Gasteiger partial charge in [0.1, 0.15) is 6.04 Å². The van der Waals surface area contributed by atoms with Crippen LogP contribution in [0.4, 0.5) is 15.9 Å². The lowest BCUT2D eigenvalue weighted by molar-refractivity contribution is -0.117. The summed E-state index contributed by atoms with van der Waals surface area (Å²) in [6.45, 7) is 7.90. The number of aromatic nitrogens is 3. The third-order valence-corrected chi connectivity index (χ3v) is 5.38. The Morgan fingerprint density at radius 3 is 2.41 bits per heavy atom. The number of carbonyl (C=O) groups is 2. The van der Waals surface area contributed by atoms with Crippen LogP contribution in [-0.2, 0) is 4.79 Å². The van der Waals surface area contributed by atoms with Crippen molar-refractivity contribution >= 4 is 34.4 Å². The maximum Gasteiger partial charge on any atom is 0.318 e. The topological polar surface area (TPSA) is 103 Å². The number of thiazole rings is 1. The molecule has 1 fully saturated rings. The second-order valence-electron chi connectivity index (χ2n) is 6.34. The fourth-order valence-corrected chi connectivity index (χ4v) is 3.46. The molecule has 3 heterocycles. The van der Waals surface area contributed by atoms with E-state index in [0.717, 1.165) is 10.6 Å². The molecular formula is C17H23N7O2S. The number of anilines is 2. The Bertz CT molecular complexity index is 783. The Balaban J connectivity index is 1.48. The summed E-state index contributed by atoms with van der Waals surface area (Å²) >= 11 is 1.42. The first-order valence-corrected chi connectivity index (χ1v) is 9.58. The molecule has 1 aliphatic heterocycles. The Kier molecular flexibility index (Phi) is 5.84. The molecule has 0 unspecified atom stereocenters. The first kappa shape index (κ1) is 19.0. The minimum Gasteiger partial charge on any atom is -0.337 e. The lowest BCUT2D eigenvalue weighted by Gasteiger charge is -2.35. The van der Waals surface area contributed by atoms with Crippen LogP contribution in [0.25, 0.3) is 0 Å². The van der Waals surface area contributed by atoms with Crippen LogP contribution in [0.15, 0.2) is 18.5 Å². The number of carbonyl (C=O) groups excluding carboxylic acids is 2. The van der Waals surface area contributed by atoms with E-state index in [-0.39, 0.29) is 11.9 Å². The molecule has 1 saturated heterocycles. The summed E-state index contributed by atoms with van der Waals surface area (Å²) < 4.78 is 0. The molecule has 2 aromatic rings. The third-order valence-electron chi connectivity index (χ3n) is 4.39. The van der Waals surface area contributed by atoms with Gasteiger partial charge in [-0.2, -0.15) is 0 Å². The molecule has 1 atom stereocenters. The molecule has 0 spiro atoms. The SMILES string of the molecule is Cc1nc(NC(=O)[C@H](C)NC(=O)N2CCN(c3ncccn3)CC2)sc1C. The Hall–Kier alpha value is -2.75. The Morgan fingerprint density at radius 1 is 1.15 bits per heavy atom. The molecule has 1 aliphatic rings. The zero-order chi connectivity index (χ0) is 19.4. The fourth-order valence-electron chi connectivity index (χ4n) is 2.65. The van der Waals surface area contributed by atoms with Crippen molar-refractivity contribution in [3.8, 4) is 0 Å². The smallest absolute Gasteiger partial charge is 0.318 e. The molecule has 3 amide bonds. The predicted octanol–water partition coefficient (Wildman–Crippen LogP) is 1.41. The van der Waals surface area contributed by atoms with Crippen molar-refractivity contribution in [1.29, 1.82) is 0 Å². The first-order chi connectivity index (χ1) is 12.9. The highest BCUT2D eigenvalue weighted by Crippen LogP contribution is 2.21. The van der Waals surface area contributed by atoms with Crippen molar-refractivity contribution in [2.45, 2.75) is 26.8 Å². The zero-order valence-corrected chi connectivity index (χ0v) is 16.4. The summed E-state index contributed by atoms with van der Waals surface area (Å²) in [5.41, 5.74) is 0.896. The van der Waals surface area contributed by atoms with Crippen LogP contribution in [0.5, 0.6) is 0 Å². The van der Waals surface area contributed by atoms with Gasteiger partial charge in [-0.3, -0.25) is 4.79 Å². The molecule has 10 heteroatoms. The lowest BCUT2D eigenvalue weighted by atomic mass is 10.3. The molecule has 9 nitrogen and oxygen atoms in total. The van der Waals surface area contributed by atoms with Gasteiger partial charge in [0.25, 0.3) is 0 Å². The normalized spacial score (nSPS) is 15.4. The minimum absolute atomic E-state index is 0.252. The van der Waals surface area contributed by atoms with E-state index >= 15 is 0 Å². The summed E-state index contributed by atoms with van der Waals surface area (Å²) in [7, 11) is 0. The van der Waals surface area contributed by atoms with Crippen LogP contribution < -0.4 is 15.5 Å². The molecule has 27 heavy (non-hydrogen) atoms. The molecule has 144 valence electrons. The molecule has 0 aliphatic carbocycles. The number of nitrogens with zero attached hydrogens (tertiary/aromatic N) is 5. The van der Waals surface area contributed by atoms with Gasteiger partial charge in [0.2, 0.25) is 11.9 Å². The number of rotatable bonds is 4. The van der Waals surface area contributed by atoms with E-state index in [2.05, 4.69) is 25.6 Å². The molecule has 0 aromatic carbocycles.